The van der Waals surface area contributed by atoms with Crippen LogP contribution in [0.15, 0.2) is 36.4 Å². The Morgan fingerprint density at radius 2 is 1.74 bits per heavy atom. The van der Waals surface area contributed by atoms with Crippen LogP contribution >= 0.6 is 0 Å². The molecular weight excluding hydrogens is 240 g/mol. The molecule has 0 saturated carbocycles. The molecule has 5 nitrogen and oxygen atoms in total. The molecule has 1 amide bonds. The summed E-state index contributed by atoms with van der Waals surface area (Å²) in [6.07, 6.45) is 1.83. The lowest BCUT2D eigenvalue weighted by Crippen LogP contribution is -2.27. The zero-order valence-corrected chi connectivity index (χ0v) is 10.7. The van der Waals surface area contributed by atoms with E-state index < -0.39 is 5.91 Å². The van der Waals surface area contributed by atoms with Crippen LogP contribution in [-0.2, 0) is 0 Å². The highest BCUT2D eigenvalue weighted by Gasteiger charge is 2.20. The number of benzene rings is 1. The van der Waals surface area contributed by atoms with Gasteiger partial charge in [-0.1, -0.05) is 18.2 Å². The Morgan fingerprint density at radius 1 is 1.16 bits per heavy atom. The average Bonchev–Trinajstić information content (AvgIpc) is 2.39. The summed E-state index contributed by atoms with van der Waals surface area (Å²) in [7, 11) is 0. The summed E-state index contributed by atoms with van der Waals surface area (Å²) >= 11 is 0. The second-order valence-electron chi connectivity index (χ2n) is 4.06. The van der Waals surface area contributed by atoms with Crippen molar-refractivity contribution in [1.29, 1.82) is 5.26 Å². The monoisotopic (exact) mass is 252 g/mol. The Bertz CT molecular complexity index is 626. The summed E-state index contributed by atoms with van der Waals surface area (Å²) in [5.41, 5.74) is 1.85. The SMILES string of the molecule is Cc1cc(C)nc(N(C#N)C(=O)c2ccccc2)n1. The minimum Gasteiger partial charge on any atom is -0.267 e. The summed E-state index contributed by atoms with van der Waals surface area (Å²) in [4.78, 5) is 21.4. The van der Waals surface area contributed by atoms with E-state index in [0.29, 0.717) is 17.0 Å². The molecule has 0 fully saturated rings. The molecular formula is C14H12N4O. The van der Waals surface area contributed by atoms with Crippen molar-refractivity contribution in [2.75, 3.05) is 4.90 Å². The number of nitriles is 1. The molecule has 0 aliphatic rings. The molecule has 94 valence electrons. The molecule has 0 aliphatic carbocycles. The van der Waals surface area contributed by atoms with Crippen LogP contribution in [0.4, 0.5) is 5.95 Å². The van der Waals surface area contributed by atoms with E-state index in [9.17, 15) is 4.79 Å². The van der Waals surface area contributed by atoms with Gasteiger partial charge in [0.15, 0.2) is 6.19 Å². The Labute approximate surface area is 111 Å². The van der Waals surface area contributed by atoms with Gasteiger partial charge in [0, 0.05) is 17.0 Å². The van der Waals surface area contributed by atoms with Crippen molar-refractivity contribution in [2.24, 2.45) is 0 Å². The first-order valence-electron chi connectivity index (χ1n) is 5.73. The van der Waals surface area contributed by atoms with Crippen molar-refractivity contribution >= 4 is 11.9 Å². The maximum atomic E-state index is 12.2. The van der Waals surface area contributed by atoms with E-state index in [2.05, 4.69) is 9.97 Å². The van der Waals surface area contributed by atoms with Gasteiger partial charge >= 0.3 is 0 Å². The summed E-state index contributed by atoms with van der Waals surface area (Å²) in [6, 6.07) is 10.4. The molecule has 1 heterocycles. The number of carbonyl (C=O) groups excluding carboxylic acids is 1. The van der Waals surface area contributed by atoms with E-state index in [4.69, 9.17) is 5.26 Å². The summed E-state index contributed by atoms with van der Waals surface area (Å²) in [6.45, 7) is 3.58. The molecule has 19 heavy (non-hydrogen) atoms. The first-order chi connectivity index (χ1) is 9.11. The third-order valence-corrected chi connectivity index (χ3v) is 2.49. The van der Waals surface area contributed by atoms with Crippen LogP contribution in [0.5, 0.6) is 0 Å². The van der Waals surface area contributed by atoms with Gasteiger partial charge in [-0.15, -0.1) is 0 Å². The number of amides is 1. The van der Waals surface area contributed by atoms with E-state index in [1.54, 1.807) is 50.2 Å². The van der Waals surface area contributed by atoms with Gasteiger partial charge in [-0.05, 0) is 32.0 Å². The van der Waals surface area contributed by atoms with Crippen LogP contribution in [0.1, 0.15) is 21.7 Å². The topological polar surface area (TPSA) is 69.9 Å². The smallest absolute Gasteiger partial charge is 0.267 e. The maximum absolute atomic E-state index is 12.2. The fourth-order valence-electron chi connectivity index (χ4n) is 1.70. The maximum Gasteiger partial charge on any atom is 0.274 e. The molecule has 0 atom stereocenters. The third-order valence-electron chi connectivity index (χ3n) is 2.49. The zero-order chi connectivity index (χ0) is 13.8. The van der Waals surface area contributed by atoms with Gasteiger partial charge in [0.2, 0.25) is 5.95 Å². The van der Waals surface area contributed by atoms with Gasteiger partial charge in [0.1, 0.15) is 0 Å². The van der Waals surface area contributed by atoms with E-state index in [1.807, 2.05) is 6.19 Å². The second-order valence-corrected chi connectivity index (χ2v) is 4.06. The normalized spacial score (nSPS) is 9.74. The van der Waals surface area contributed by atoms with Crippen LogP contribution in [0, 0.1) is 25.3 Å². The highest BCUT2D eigenvalue weighted by molar-refractivity contribution is 6.06. The van der Waals surface area contributed by atoms with Crippen molar-refractivity contribution in [3.05, 3.63) is 53.3 Å². The van der Waals surface area contributed by atoms with Gasteiger partial charge in [0.25, 0.3) is 5.91 Å². The highest BCUT2D eigenvalue weighted by atomic mass is 16.2. The molecule has 0 bridgehead atoms. The van der Waals surface area contributed by atoms with Crippen LogP contribution in [0.2, 0.25) is 0 Å². The Hall–Kier alpha value is -2.74. The minimum absolute atomic E-state index is 0.105. The number of nitrogens with zero attached hydrogens (tertiary/aromatic N) is 4. The molecule has 0 unspecified atom stereocenters. The first kappa shape index (κ1) is 12.7. The molecule has 2 rings (SSSR count). The molecule has 0 spiro atoms. The van der Waals surface area contributed by atoms with Crippen molar-refractivity contribution in [3.8, 4) is 6.19 Å². The molecule has 0 aliphatic heterocycles. The Morgan fingerprint density at radius 3 is 2.26 bits per heavy atom. The number of aryl methyl sites for hydroxylation is 2. The number of rotatable bonds is 2. The van der Waals surface area contributed by atoms with Crippen LogP contribution in [-0.4, -0.2) is 15.9 Å². The summed E-state index contributed by atoms with van der Waals surface area (Å²) in [5.74, 6) is -0.332. The predicted octanol–water partition coefficient (Wildman–Crippen LogP) is 2.22. The van der Waals surface area contributed by atoms with Crippen LogP contribution in [0.25, 0.3) is 0 Å². The lowest BCUT2D eigenvalue weighted by atomic mass is 10.2. The fourth-order valence-corrected chi connectivity index (χ4v) is 1.70. The zero-order valence-electron chi connectivity index (χ0n) is 10.7. The molecule has 0 radical (unpaired) electrons. The number of hydrogen-bond donors (Lipinski definition) is 0. The molecule has 1 aromatic carbocycles. The standard InChI is InChI=1S/C14H12N4O/c1-10-8-11(2)17-14(16-10)18(9-15)13(19)12-6-4-3-5-7-12/h3-8H,1-2H3. The molecule has 1 aromatic heterocycles. The number of anilines is 1. The molecule has 2 aromatic rings. The number of hydrogen-bond acceptors (Lipinski definition) is 4. The van der Waals surface area contributed by atoms with E-state index in [-0.39, 0.29) is 5.95 Å². The highest BCUT2D eigenvalue weighted by Crippen LogP contribution is 2.13. The number of aromatic nitrogens is 2. The first-order valence-corrected chi connectivity index (χ1v) is 5.73. The third kappa shape index (κ3) is 2.75. The Kier molecular flexibility index (Phi) is 3.53. The van der Waals surface area contributed by atoms with Crippen LogP contribution in [0.3, 0.4) is 0 Å². The van der Waals surface area contributed by atoms with Gasteiger partial charge in [0.05, 0.1) is 0 Å². The summed E-state index contributed by atoms with van der Waals surface area (Å²) in [5, 5.41) is 9.17. The molecule has 5 heteroatoms. The lowest BCUT2D eigenvalue weighted by molar-refractivity contribution is 0.0998. The minimum atomic E-state index is -0.437. The predicted molar refractivity (Wildman–Crippen MR) is 70.4 cm³/mol. The molecule has 0 N–H and O–H groups in total. The second kappa shape index (κ2) is 5.27. The Balaban J connectivity index is 2.41. The van der Waals surface area contributed by atoms with Gasteiger partial charge in [-0.3, -0.25) is 4.79 Å². The van der Waals surface area contributed by atoms with E-state index >= 15 is 0 Å². The van der Waals surface area contributed by atoms with Crippen molar-refractivity contribution in [3.63, 3.8) is 0 Å². The fraction of sp³-hybridized carbons (Fsp3) is 0.143. The largest absolute Gasteiger partial charge is 0.274 e. The lowest BCUT2D eigenvalue weighted by Gasteiger charge is -2.12. The molecule has 0 saturated heterocycles. The number of carbonyl (C=O) groups is 1. The average molecular weight is 252 g/mol. The van der Waals surface area contributed by atoms with Crippen LogP contribution < -0.4 is 4.90 Å². The van der Waals surface area contributed by atoms with Gasteiger partial charge in [-0.25, -0.2) is 9.97 Å². The quantitative estimate of drug-likeness (QED) is 0.607. The van der Waals surface area contributed by atoms with Crippen molar-refractivity contribution < 1.29 is 4.79 Å². The van der Waals surface area contributed by atoms with Gasteiger partial charge < -0.3 is 0 Å². The van der Waals surface area contributed by atoms with E-state index in [1.165, 1.54) is 0 Å². The summed E-state index contributed by atoms with van der Waals surface area (Å²) < 4.78 is 0. The van der Waals surface area contributed by atoms with Crippen molar-refractivity contribution in [1.82, 2.24) is 9.97 Å². The van der Waals surface area contributed by atoms with Gasteiger partial charge in [-0.2, -0.15) is 10.2 Å². The van der Waals surface area contributed by atoms with E-state index in [0.717, 1.165) is 4.90 Å². The van der Waals surface area contributed by atoms with Crippen molar-refractivity contribution in [2.45, 2.75) is 13.8 Å².